The first kappa shape index (κ1) is 11.8. The SMILES string of the molecule is Nc1nc(Br)nc2c1ncn2C1CCC(CO)O1. The molecule has 1 fully saturated rings. The van der Waals surface area contributed by atoms with Crippen molar-refractivity contribution in [2.24, 2.45) is 0 Å². The summed E-state index contributed by atoms with van der Waals surface area (Å²) in [5.41, 5.74) is 6.99. The van der Waals surface area contributed by atoms with Crippen LogP contribution in [0, 0.1) is 0 Å². The van der Waals surface area contributed by atoms with E-state index < -0.39 is 0 Å². The normalized spacial score (nSPS) is 23.9. The highest BCUT2D eigenvalue weighted by molar-refractivity contribution is 9.10. The van der Waals surface area contributed by atoms with Crippen LogP contribution in [-0.4, -0.2) is 37.3 Å². The van der Waals surface area contributed by atoms with Gasteiger partial charge in [-0.2, -0.15) is 0 Å². The van der Waals surface area contributed by atoms with Crippen molar-refractivity contribution < 1.29 is 9.84 Å². The molecule has 0 amide bonds. The summed E-state index contributed by atoms with van der Waals surface area (Å²) in [4.78, 5) is 12.5. The maximum atomic E-state index is 9.08. The van der Waals surface area contributed by atoms with Gasteiger partial charge in [-0.25, -0.2) is 15.0 Å². The van der Waals surface area contributed by atoms with Crippen molar-refractivity contribution in [2.75, 3.05) is 12.3 Å². The number of aromatic nitrogens is 4. The Hall–Kier alpha value is -1.25. The Morgan fingerprint density at radius 2 is 2.33 bits per heavy atom. The zero-order valence-corrected chi connectivity index (χ0v) is 11.0. The minimum atomic E-state index is -0.159. The van der Waals surface area contributed by atoms with Gasteiger partial charge in [0.2, 0.25) is 4.73 Å². The van der Waals surface area contributed by atoms with Crippen molar-refractivity contribution in [3.8, 4) is 0 Å². The molecule has 18 heavy (non-hydrogen) atoms. The molecule has 3 N–H and O–H groups in total. The van der Waals surface area contributed by atoms with Gasteiger partial charge in [0.05, 0.1) is 19.0 Å². The summed E-state index contributed by atoms with van der Waals surface area (Å²) in [5, 5.41) is 9.08. The van der Waals surface area contributed by atoms with Gasteiger partial charge in [0.15, 0.2) is 11.5 Å². The van der Waals surface area contributed by atoms with Gasteiger partial charge >= 0.3 is 0 Å². The first-order valence-electron chi connectivity index (χ1n) is 5.61. The van der Waals surface area contributed by atoms with Crippen LogP contribution in [0.5, 0.6) is 0 Å². The number of anilines is 1. The summed E-state index contributed by atoms with van der Waals surface area (Å²) in [5.74, 6) is 0.335. The number of hydrogen-bond acceptors (Lipinski definition) is 6. The van der Waals surface area contributed by atoms with E-state index in [1.54, 1.807) is 6.33 Å². The standard InChI is InChI=1S/C10H12BrN5O2/c11-10-14-8(12)7-9(15-10)16(4-13-7)6-2-1-5(3-17)18-6/h4-6,17H,1-3H2,(H2,12,14,15). The Morgan fingerprint density at radius 3 is 3.06 bits per heavy atom. The summed E-state index contributed by atoms with van der Waals surface area (Å²) < 4.78 is 7.95. The molecule has 1 aliphatic rings. The van der Waals surface area contributed by atoms with Crippen molar-refractivity contribution >= 4 is 32.9 Å². The summed E-state index contributed by atoms with van der Waals surface area (Å²) in [6.07, 6.45) is 3.01. The maximum Gasteiger partial charge on any atom is 0.200 e. The molecular weight excluding hydrogens is 302 g/mol. The zero-order valence-electron chi connectivity index (χ0n) is 9.45. The Labute approximate surface area is 111 Å². The number of rotatable bonds is 2. The van der Waals surface area contributed by atoms with Gasteiger partial charge in [0, 0.05) is 0 Å². The highest BCUT2D eigenvalue weighted by Gasteiger charge is 2.27. The van der Waals surface area contributed by atoms with E-state index in [2.05, 4.69) is 30.9 Å². The minimum absolute atomic E-state index is 0.0317. The molecule has 0 bridgehead atoms. The average Bonchev–Trinajstić information content (AvgIpc) is 2.93. The van der Waals surface area contributed by atoms with Crippen LogP contribution < -0.4 is 5.73 Å². The molecule has 0 aromatic carbocycles. The summed E-state index contributed by atoms with van der Waals surface area (Å²) >= 11 is 3.21. The minimum Gasteiger partial charge on any atom is -0.394 e. The van der Waals surface area contributed by atoms with Gasteiger partial charge in [0.25, 0.3) is 0 Å². The molecule has 1 aliphatic heterocycles. The molecule has 7 nitrogen and oxygen atoms in total. The largest absolute Gasteiger partial charge is 0.394 e. The van der Waals surface area contributed by atoms with Crippen molar-refractivity contribution in [3.05, 3.63) is 11.1 Å². The van der Waals surface area contributed by atoms with E-state index >= 15 is 0 Å². The number of nitrogen functional groups attached to an aromatic ring is 1. The van der Waals surface area contributed by atoms with Crippen LogP contribution >= 0.6 is 15.9 Å². The van der Waals surface area contributed by atoms with E-state index in [1.807, 2.05) is 4.57 Å². The van der Waals surface area contributed by atoms with Gasteiger partial charge in [-0.05, 0) is 28.8 Å². The van der Waals surface area contributed by atoms with Crippen LogP contribution in [0.2, 0.25) is 0 Å². The van der Waals surface area contributed by atoms with Crippen LogP contribution in [0.4, 0.5) is 5.82 Å². The second-order valence-electron chi connectivity index (χ2n) is 4.17. The highest BCUT2D eigenvalue weighted by Crippen LogP contribution is 2.31. The van der Waals surface area contributed by atoms with Crippen LogP contribution in [0.25, 0.3) is 11.2 Å². The number of aliphatic hydroxyl groups excluding tert-OH is 1. The van der Waals surface area contributed by atoms with E-state index in [-0.39, 0.29) is 18.9 Å². The third-order valence-electron chi connectivity index (χ3n) is 3.02. The second-order valence-corrected chi connectivity index (χ2v) is 4.88. The van der Waals surface area contributed by atoms with E-state index in [0.717, 1.165) is 12.8 Å². The van der Waals surface area contributed by atoms with E-state index in [9.17, 15) is 0 Å². The monoisotopic (exact) mass is 313 g/mol. The Bertz CT molecular complexity index is 587. The molecule has 3 heterocycles. The summed E-state index contributed by atoms with van der Waals surface area (Å²) in [6, 6.07) is 0. The number of aliphatic hydroxyl groups is 1. The van der Waals surface area contributed by atoms with Crippen LogP contribution in [0.1, 0.15) is 19.1 Å². The third kappa shape index (κ3) is 1.86. The topological polar surface area (TPSA) is 99.1 Å². The Kier molecular flexibility index (Phi) is 2.92. The molecule has 1 saturated heterocycles. The van der Waals surface area contributed by atoms with Gasteiger partial charge in [-0.15, -0.1) is 0 Å². The lowest BCUT2D eigenvalue weighted by molar-refractivity contribution is -0.0207. The van der Waals surface area contributed by atoms with Gasteiger partial charge in [-0.3, -0.25) is 4.57 Å². The van der Waals surface area contributed by atoms with Gasteiger partial charge in [0.1, 0.15) is 11.7 Å². The smallest absolute Gasteiger partial charge is 0.200 e. The fraction of sp³-hybridized carbons (Fsp3) is 0.500. The Morgan fingerprint density at radius 1 is 1.50 bits per heavy atom. The van der Waals surface area contributed by atoms with Crippen LogP contribution in [-0.2, 0) is 4.74 Å². The maximum absolute atomic E-state index is 9.08. The number of imidazole rings is 1. The molecule has 0 radical (unpaired) electrons. The lowest BCUT2D eigenvalue weighted by atomic mass is 10.2. The second kappa shape index (κ2) is 4.45. The van der Waals surface area contributed by atoms with Crippen molar-refractivity contribution in [1.29, 1.82) is 0 Å². The fourth-order valence-corrected chi connectivity index (χ4v) is 2.51. The van der Waals surface area contributed by atoms with Crippen molar-refractivity contribution in [3.63, 3.8) is 0 Å². The summed E-state index contributed by atoms with van der Waals surface area (Å²) in [7, 11) is 0. The number of hydrogen-bond donors (Lipinski definition) is 2. The van der Waals surface area contributed by atoms with E-state index in [0.29, 0.717) is 21.7 Å². The van der Waals surface area contributed by atoms with Gasteiger partial charge in [-0.1, -0.05) is 0 Å². The third-order valence-corrected chi connectivity index (χ3v) is 3.37. The number of ether oxygens (including phenoxy) is 1. The molecule has 2 atom stereocenters. The number of nitrogens with zero attached hydrogens (tertiary/aromatic N) is 4. The molecule has 96 valence electrons. The molecule has 2 aromatic heterocycles. The van der Waals surface area contributed by atoms with Crippen LogP contribution in [0.15, 0.2) is 11.1 Å². The molecule has 3 rings (SSSR count). The first-order valence-corrected chi connectivity index (χ1v) is 6.40. The van der Waals surface area contributed by atoms with Crippen molar-refractivity contribution in [2.45, 2.75) is 25.2 Å². The molecule has 2 unspecified atom stereocenters. The predicted octanol–water partition coefficient (Wildman–Crippen LogP) is 0.841. The molecule has 8 heteroatoms. The number of nitrogens with two attached hydrogens (primary N) is 1. The molecular formula is C10H12BrN5O2. The summed E-state index contributed by atoms with van der Waals surface area (Å²) in [6.45, 7) is 0.0317. The zero-order chi connectivity index (χ0) is 12.7. The molecule has 2 aromatic rings. The molecule has 0 aliphatic carbocycles. The van der Waals surface area contributed by atoms with Crippen molar-refractivity contribution in [1.82, 2.24) is 19.5 Å². The first-order chi connectivity index (χ1) is 8.69. The molecule has 0 spiro atoms. The van der Waals surface area contributed by atoms with E-state index in [4.69, 9.17) is 15.6 Å². The van der Waals surface area contributed by atoms with Gasteiger partial charge < -0.3 is 15.6 Å². The number of fused-ring (bicyclic) bond motifs is 1. The fourth-order valence-electron chi connectivity index (χ4n) is 2.15. The average molecular weight is 314 g/mol. The number of halogens is 1. The van der Waals surface area contributed by atoms with Crippen LogP contribution in [0.3, 0.4) is 0 Å². The Balaban J connectivity index is 2.03. The lowest BCUT2D eigenvalue weighted by Crippen LogP contribution is -2.14. The molecule has 0 saturated carbocycles. The predicted molar refractivity (Wildman–Crippen MR) is 67.7 cm³/mol. The van der Waals surface area contributed by atoms with E-state index in [1.165, 1.54) is 0 Å². The quantitative estimate of drug-likeness (QED) is 0.797. The lowest BCUT2D eigenvalue weighted by Gasteiger charge is -2.13. The highest BCUT2D eigenvalue weighted by atomic mass is 79.9.